The van der Waals surface area contributed by atoms with E-state index in [1.807, 2.05) is 66.0 Å². The third-order valence-corrected chi connectivity index (χ3v) is 6.08. The number of ether oxygens (including phenoxy) is 1. The lowest BCUT2D eigenvalue weighted by Gasteiger charge is -2.34. The fraction of sp³-hybridized carbons (Fsp3) is 0.217. The monoisotopic (exact) mass is 421 g/mol. The van der Waals surface area contributed by atoms with Gasteiger partial charge in [0.05, 0.1) is 0 Å². The van der Waals surface area contributed by atoms with Crippen LogP contribution in [0.2, 0.25) is 0 Å². The van der Waals surface area contributed by atoms with Crippen molar-refractivity contribution in [3.63, 3.8) is 0 Å². The van der Waals surface area contributed by atoms with Gasteiger partial charge in [-0.3, -0.25) is 9.69 Å². The lowest BCUT2D eigenvalue weighted by Crippen LogP contribution is -2.45. The first kappa shape index (κ1) is 20.1. The molecular formula is C23H23N3O3S. The number of amides is 2. The number of hydrogen-bond acceptors (Lipinski definition) is 5. The Morgan fingerprint density at radius 2 is 1.90 bits per heavy atom. The molecule has 2 aromatic carbocycles. The second-order valence-electron chi connectivity index (χ2n) is 7.08. The van der Waals surface area contributed by atoms with Crippen LogP contribution < -0.4 is 11.1 Å². The van der Waals surface area contributed by atoms with Gasteiger partial charge >= 0.3 is 6.09 Å². The summed E-state index contributed by atoms with van der Waals surface area (Å²) in [4.78, 5) is 28.7. The lowest BCUT2D eigenvalue weighted by molar-refractivity contribution is -0.121. The Morgan fingerprint density at radius 3 is 2.70 bits per heavy atom. The molecule has 2 amide bonds. The molecule has 0 unspecified atom stereocenters. The van der Waals surface area contributed by atoms with Gasteiger partial charge < -0.3 is 15.8 Å². The van der Waals surface area contributed by atoms with Crippen LogP contribution in [0.1, 0.15) is 27.6 Å². The van der Waals surface area contributed by atoms with E-state index < -0.39 is 12.1 Å². The van der Waals surface area contributed by atoms with Crippen molar-refractivity contribution in [1.82, 2.24) is 4.90 Å². The van der Waals surface area contributed by atoms with E-state index in [1.54, 1.807) is 11.3 Å². The second kappa shape index (κ2) is 9.11. The summed E-state index contributed by atoms with van der Waals surface area (Å²) in [7, 11) is 0. The summed E-state index contributed by atoms with van der Waals surface area (Å²) in [5.74, 6) is -0.264. The largest absolute Gasteiger partial charge is 0.445 e. The molecule has 1 aliphatic rings. The summed E-state index contributed by atoms with van der Waals surface area (Å²) in [5.41, 5.74) is 9.04. The average molecular weight is 422 g/mol. The van der Waals surface area contributed by atoms with Gasteiger partial charge in [-0.1, -0.05) is 42.5 Å². The smallest absolute Gasteiger partial charge is 0.411 e. The third-order valence-electron chi connectivity index (χ3n) is 5.08. The van der Waals surface area contributed by atoms with Crippen molar-refractivity contribution in [2.75, 3.05) is 11.9 Å². The molecule has 7 heteroatoms. The molecule has 4 rings (SSSR count). The van der Waals surface area contributed by atoms with Crippen LogP contribution >= 0.6 is 11.3 Å². The Morgan fingerprint density at radius 1 is 1.10 bits per heavy atom. The van der Waals surface area contributed by atoms with E-state index in [2.05, 4.69) is 5.32 Å². The Bertz CT molecular complexity index is 1030. The van der Waals surface area contributed by atoms with Crippen molar-refractivity contribution >= 4 is 29.0 Å². The maximum atomic E-state index is 13.2. The minimum absolute atomic E-state index is 0.166. The highest BCUT2D eigenvalue weighted by atomic mass is 32.1. The summed E-state index contributed by atoms with van der Waals surface area (Å²) in [6.45, 7) is 0.987. The highest BCUT2D eigenvalue weighted by Crippen LogP contribution is 2.34. The summed E-state index contributed by atoms with van der Waals surface area (Å²) >= 11 is 1.61. The van der Waals surface area contributed by atoms with Crippen LogP contribution in [0.25, 0.3) is 0 Å². The van der Waals surface area contributed by atoms with E-state index in [0.29, 0.717) is 25.2 Å². The highest BCUT2D eigenvalue weighted by molar-refractivity contribution is 7.10. The first-order valence-electron chi connectivity index (χ1n) is 9.79. The van der Waals surface area contributed by atoms with Crippen molar-refractivity contribution in [2.24, 2.45) is 5.73 Å². The molecule has 0 spiro atoms. The van der Waals surface area contributed by atoms with Crippen molar-refractivity contribution in [3.8, 4) is 0 Å². The van der Waals surface area contributed by atoms with Crippen LogP contribution in [-0.4, -0.2) is 23.4 Å². The molecule has 0 bridgehead atoms. The highest BCUT2D eigenvalue weighted by Gasteiger charge is 2.37. The summed E-state index contributed by atoms with van der Waals surface area (Å²) in [5, 5.41) is 4.89. The summed E-state index contributed by atoms with van der Waals surface area (Å²) in [6, 6.07) is 18.1. The Labute approximate surface area is 179 Å². The predicted octanol–water partition coefficient (Wildman–Crippen LogP) is 4.08. The van der Waals surface area contributed by atoms with E-state index >= 15 is 0 Å². The van der Waals surface area contributed by atoms with Crippen molar-refractivity contribution in [2.45, 2.75) is 25.6 Å². The standard InChI is InChI=1S/C23H23N3O3S/c24-14-17-7-4-8-18(13-17)25-22(27)21-19-10-12-30-20(19)9-11-26(21)23(28)29-15-16-5-2-1-3-6-16/h1-8,10,12-13,21H,9,11,14-15,24H2,(H,25,27)/t21-/m0/s1. The van der Waals surface area contributed by atoms with E-state index in [-0.39, 0.29) is 12.5 Å². The van der Waals surface area contributed by atoms with Gasteiger partial charge in [-0.05, 0) is 46.7 Å². The number of rotatable bonds is 5. The molecule has 0 aliphatic carbocycles. The normalized spacial score (nSPS) is 15.4. The fourth-order valence-corrected chi connectivity index (χ4v) is 4.49. The molecule has 0 fully saturated rings. The molecule has 6 nitrogen and oxygen atoms in total. The van der Waals surface area contributed by atoms with E-state index in [4.69, 9.17) is 10.5 Å². The Hall–Kier alpha value is -3.16. The van der Waals surface area contributed by atoms with Crippen LogP contribution in [0.4, 0.5) is 10.5 Å². The van der Waals surface area contributed by atoms with Crippen LogP contribution in [0.5, 0.6) is 0 Å². The fourth-order valence-electron chi connectivity index (χ4n) is 3.58. The van der Waals surface area contributed by atoms with Gasteiger partial charge in [0.25, 0.3) is 5.91 Å². The van der Waals surface area contributed by atoms with Crippen LogP contribution in [0, 0.1) is 0 Å². The molecule has 1 aliphatic heterocycles. The van der Waals surface area contributed by atoms with Crippen molar-refractivity contribution in [3.05, 3.63) is 87.6 Å². The van der Waals surface area contributed by atoms with E-state index in [9.17, 15) is 9.59 Å². The Balaban J connectivity index is 1.53. The molecule has 2 heterocycles. The quantitative estimate of drug-likeness (QED) is 0.650. The molecule has 30 heavy (non-hydrogen) atoms. The van der Waals surface area contributed by atoms with Gasteiger partial charge in [0, 0.05) is 23.7 Å². The van der Waals surface area contributed by atoms with E-state index in [0.717, 1.165) is 21.6 Å². The molecule has 0 radical (unpaired) electrons. The third kappa shape index (κ3) is 4.37. The van der Waals surface area contributed by atoms with Gasteiger partial charge in [-0.25, -0.2) is 4.79 Å². The molecule has 3 N–H and O–H groups in total. The number of nitrogens with one attached hydrogen (secondary N) is 1. The predicted molar refractivity (Wildman–Crippen MR) is 117 cm³/mol. The minimum Gasteiger partial charge on any atom is -0.445 e. The van der Waals surface area contributed by atoms with Crippen molar-refractivity contribution in [1.29, 1.82) is 0 Å². The first-order valence-corrected chi connectivity index (χ1v) is 10.7. The number of thiophene rings is 1. The number of nitrogens with zero attached hydrogens (tertiary/aromatic N) is 1. The maximum absolute atomic E-state index is 13.2. The maximum Gasteiger partial charge on any atom is 0.411 e. The molecular weight excluding hydrogens is 398 g/mol. The van der Waals surface area contributed by atoms with Crippen LogP contribution in [0.3, 0.4) is 0 Å². The van der Waals surface area contributed by atoms with Crippen molar-refractivity contribution < 1.29 is 14.3 Å². The molecule has 0 saturated carbocycles. The van der Waals surface area contributed by atoms with Gasteiger partial charge in [-0.2, -0.15) is 0 Å². The second-order valence-corrected chi connectivity index (χ2v) is 8.08. The van der Waals surface area contributed by atoms with Gasteiger partial charge in [-0.15, -0.1) is 11.3 Å². The van der Waals surface area contributed by atoms with Crippen LogP contribution in [-0.2, 0) is 29.1 Å². The van der Waals surface area contributed by atoms with Gasteiger partial charge in [0.1, 0.15) is 12.6 Å². The first-order chi connectivity index (χ1) is 14.7. The number of fused-ring (bicyclic) bond motifs is 1. The minimum atomic E-state index is -0.732. The SMILES string of the molecule is NCc1cccc(NC(=O)[C@@H]2c3ccsc3CCN2C(=O)OCc2ccccc2)c1. The number of benzene rings is 2. The number of carbonyl (C=O) groups is 2. The summed E-state index contributed by atoms with van der Waals surface area (Å²) < 4.78 is 5.52. The lowest BCUT2D eigenvalue weighted by atomic mass is 9.99. The zero-order valence-electron chi connectivity index (χ0n) is 16.4. The topological polar surface area (TPSA) is 84.7 Å². The molecule has 0 saturated heterocycles. The molecule has 1 atom stereocenters. The zero-order chi connectivity index (χ0) is 20.9. The van der Waals surface area contributed by atoms with Crippen LogP contribution in [0.15, 0.2) is 66.0 Å². The molecule has 1 aromatic heterocycles. The van der Waals surface area contributed by atoms with Gasteiger partial charge in [0.15, 0.2) is 0 Å². The molecule has 154 valence electrons. The average Bonchev–Trinajstić information content (AvgIpc) is 3.26. The number of hydrogen-bond donors (Lipinski definition) is 2. The number of anilines is 1. The number of nitrogens with two attached hydrogens (primary N) is 1. The number of carbonyl (C=O) groups excluding carboxylic acids is 2. The Kier molecular flexibility index (Phi) is 6.11. The van der Waals surface area contributed by atoms with E-state index in [1.165, 1.54) is 4.90 Å². The van der Waals surface area contributed by atoms with Gasteiger partial charge in [0.2, 0.25) is 0 Å². The summed E-state index contributed by atoms with van der Waals surface area (Å²) in [6.07, 6.45) is 0.214. The zero-order valence-corrected chi connectivity index (χ0v) is 17.2. The molecule has 3 aromatic rings.